The maximum absolute atomic E-state index is 11.9. The minimum Gasteiger partial charge on any atom is -0.442 e. The lowest BCUT2D eigenvalue weighted by Gasteiger charge is -2.25. The number of rotatable bonds is 3. The standard InChI is InChI=1S/C13H19ClN4O3/c1-7(19)9-10(14)15-8(2)16-11(9)17-18(6)12(20)21-13(3,4)5/h1-6H3,(H,15,16,17). The molecule has 0 bridgehead atoms. The van der Waals surface area contributed by atoms with Gasteiger partial charge in [-0.25, -0.2) is 19.8 Å². The van der Waals surface area contributed by atoms with E-state index in [1.165, 1.54) is 14.0 Å². The molecule has 0 fully saturated rings. The van der Waals surface area contributed by atoms with Crippen LogP contribution in [0.15, 0.2) is 0 Å². The van der Waals surface area contributed by atoms with E-state index in [1.807, 2.05) is 0 Å². The Balaban J connectivity index is 3.02. The van der Waals surface area contributed by atoms with Gasteiger partial charge in [-0.1, -0.05) is 11.6 Å². The molecule has 1 amide bonds. The van der Waals surface area contributed by atoms with Crippen molar-refractivity contribution in [3.8, 4) is 0 Å². The number of carbonyl (C=O) groups is 2. The number of ether oxygens (including phenoxy) is 1. The molecule has 1 rings (SSSR count). The summed E-state index contributed by atoms with van der Waals surface area (Å²) in [6.45, 7) is 8.25. The zero-order valence-electron chi connectivity index (χ0n) is 12.9. The number of aryl methyl sites for hydroxylation is 1. The third-order valence-electron chi connectivity index (χ3n) is 2.27. The summed E-state index contributed by atoms with van der Waals surface area (Å²) < 4.78 is 5.20. The van der Waals surface area contributed by atoms with Crippen LogP contribution in [0.4, 0.5) is 10.6 Å². The molecule has 0 spiro atoms. The van der Waals surface area contributed by atoms with E-state index in [1.54, 1.807) is 27.7 Å². The van der Waals surface area contributed by atoms with E-state index >= 15 is 0 Å². The summed E-state index contributed by atoms with van der Waals surface area (Å²) in [5.74, 6) is 0.235. The summed E-state index contributed by atoms with van der Waals surface area (Å²) in [4.78, 5) is 31.6. The maximum Gasteiger partial charge on any atom is 0.428 e. The van der Waals surface area contributed by atoms with Crippen molar-refractivity contribution >= 4 is 29.3 Å². The predicted molar refractivity (Wildman–Crippen MR) is 79.4 cm³/mol. The summed E-state index contributed by atoms with van der Waals surface area (Å²) in [6, 6.07) is 0. The summed E-state index contributed by atoms with van der Waals surface area (Å²) in [5.41, 5.74) is 2.19. The van der Waals surface area contributed by atoms with Gasteiger partial charge in [-0.15, -0.1) is 0 Å². The monoisotopic (exact) mass is 314 g/mol. The van der Waals surface area contributed by atoms with Gasteiger partial charge in [0.25, 0.3) is 0 Å². The molecule has 116 valence electrons. The van der Waals surface area contributed by atoms with Crippen molar-refractivity contribution in [3.63, 3.8) is 0 Å². The Morgan fingerprint density at radius 3 is 2.33 bits per heavy atom. The second-order valence-electron chi connectivity index (χ2n) is 5.49. The minimum atomic E-state index is -0.629. The molecule has 0 saturated heterocycles. The zero-order valence-corrected chi connectivity index (χ0v) is 13.7. The summed E-state index contributed by atoms with van der Waals surface area (Å²) in [7, 11) is 1.46. The number of nitrogens with zero attached hydrogens (tertiary/aromatic N) is 3. The molecule has 21 heavy (non-hydrogen) atoms. The maximum atomic E-state index is 11.9. The molecule has 1 heterocycles. The van der Waals surface area contributed by atoms with Gasteiger partial charge in [0.15, 0.2) is 11.6 Å². The number of hydrogen-bond donors (Lipinski definition) is 1. The highest BCUT2D eigenvalue weighted by Crippen LogP contribution is 2.22. The average Bonchev–Trinajstić information content (AvgIpc) is 2.24. The first kappa shape index (κ1) is 17.2. The van der Waals surface area contributed by atoms with Crippen LogP contribution in [-0.4, -0.2) is 39.5 Å². The van der Waals surface area contributed by atoms with Gasteiger partial charge in [-0.05, 0) is 34.6 Å². The highest BCUT2D eigenvalue weighted by molar-refractivity contribution is 6.33. The lowest BCUT2D eigenvalue weighted by Crippen LogP contribution is -2.38. The Kier molecular flexibility index (Phi) is 5.11. The van der Waals surface area contributed by atoms with Crippen LogP contribution in [0.5, 0.6) is 0 Å². The fourth-order valence-electron chi connectivity index (χ4n) is 1.47. The van der Waals surface area contributed by atoms with Crippen LogP contribution < -0.4 is 5.43 Å². The molecular weight excluding hydrogens is 296 g/mol. The zero-order chi connectivity index (χ0) is 16.4. The first-order valence-corrected chi connectivity index (χ1v) is 6.67. The van der Waals surface area contributed by atoms with E-state index in [-0.39, 0.29) is 22.3 Å². The van der Waals surface area contributed by atoms with Crippen LogP contribution in [0.3, 0.4) is 0 Å². The SMILES string of the molecule is CC(=O)c1c(Cl)nc(C)nc1NN(C)C(=O)OC(C)(C)C. The number of hydrogen-bond acceptors (Lipinski definition) is 6. The Bertz CT molecular complexity index is 569. The van der Waals surface area contributed by atoms with Crippen molar-refractivity contribution in [2.24, 2.45) is 0 Å². The van der Waals surface area contributed by atoms with Crippen LogP contribution >= 0.6 is 11.6 Å². The van der Waals surface area contributed by atoms with Crippen LogP contribution in [0, 0.1) is 6.92 Å². The number of nitrogens with one attached hydrogen (secondary N) is 1. The number of carbonyl (C=O) groups excluding carboxylic acids is 2. The van der Waals surface area contributed by atoms with E-state index in [4.69, 9.17) is 16.3 Å². The van der Waals surface area contributed by atoms with Crippen LogP contribution in [0.25, 0.3) is 0 Å². The third kappa shape index (κ3) is 4.86. The average molecular weight is 315 g/mol. The molecule has 1 aromatic heterocycles. The number of anilines is 1. The molecular formula is C13H19ClN4O3. The molecule has 0 unspecified atom stereocenters. The summed E-state index contributed by atoms with van der Waals surface area (Å²) in [5, 5.41) is 1.13. The second-order valence-corrected chi connectivity index (χ2v) is 5.85. The van der Waals surface area contributed by atoms with E-state index in [0.29, 0.717) is 5.82 Å². The Morgan fingerprint density at radius 1 is 1.29 bits per heavy atom. The molecule has 0 aliphatic rings. The van der Waals surface area contributed by atoms with Crippen molar-refractivity contribution in [3.05, 3.63) is 16.5 Å². The summed E-state index contributed by atoms with van der Waals surface area (Å²) in [6.07, 6.45) is -0.607. The van der Waals surface area contributed by atoms with Gasteiger partial charge in [-0.3, -0.25) is 10.2 Å². The normalized spacial score (nSPS) is 11.0. The van der Waals surface area contributed by atoms with Gasteiger partial charge in [-0.2, -0.15) is 0 Å². The molecule has 1 aromatic rings. The fourth-order valence-corrected chi connectivity index (χ4v) is 1.81. The molecule has 0 aliphatic heterocycles. The van der Waals surface area contributed by atoms with E-state index in [2.05, 4.69) is 15.4 Å². The number of amides is 1. The molecule has 7 nitrogen and oxygen atoms in total. The molecule has 0 saturated carbocycles. The highest BCUT2D eigenvalue weighted by Gasteiger charge is 2.22. The van der Waals surface area contributed by atoms with Crippen molar-refractivity contribution in [1.82, 2.24) is 15.0 Å². The molecule has 8 heteroatoms. The second kappa shape index (κ2) is 6.26. The minimum absolute atomic E-state index is 0.0371. The molecule has 0 aliphatic carbocycles. The van der Waals surface area contributed by atoms with Crippen molar-refractivity contribution in [2.75, 3.05) is 12.5 Å². The smallest absolute Gasteiger partial charge is 0.428 e. The Morgan fingerprint density at radius 2 is 1.86 bits per heavy atom. The Labute approximate surface area is 128 Å². The van der Waals surface area contributed by atoms with E-state index < -0.39 is 11.7 Å². The molecule has 0 radical (unpaired) electrons. The lowest BCUT2D eigenvalue weighted by atomic mass is 10.2. The first-order chi connectivity index (χ1) is 9.51. The van der Waals surface area contributed by atoms with Gasteiger partial charge >= 0.3 is 6.09 Å². The van der Waals surface area contributed by atoms with Gasteiger partial charge in [0.05, 0.1) is 5.56 Å². The topological polar surface area (TPSA) is 84.4 Å². The van der Waals surface area contributed by atoms with Gasteiger partial charge in [0, 0.05) is 7.05 Å². The first-order valence-electron chi connectivity index (χ1n) is 6.29. The van der Waals surface area contributed by atoms with Crippen LogP contribution in [0.2, 0.25) is 5.15 Å². The number of hydrazine groups is 1. The fraction of sp³-hybridized carbons (Fsp3) is 0.538. The van der Waals surface area contributed by atoms with Crippen LogP contribution in [0.1, 0.15) is 43.9 Å². The van der Waals surface area contributed by atoms with E-state index in [0.717, 1.165) is 5.01 Å². The van der Waals surface area contributed by atoms with E-state index in [9.17, 15) is 9.59 Å². The van der Waals surface area contributed by atoms with Crippen LogP contribution in [-0.2, 0) is 4.74 Å². The number of halogens is 1. The number of aromatic nitrogens is 2. The largest absolute Gasteiger partial charge is 0.442 e. The summed E-state index contributed by atoms with van der Waals surface area (Å²) >= 11 is 5.95. The Hall–Kier alpha value is -1.89. The number of ketones is 1. The quantitative estimate of drug-likeness (QED) is 0.524. The highest BCUT2D eigenvalue weighted by atomic mass is 35.5. The van der Waals surface area contributed by atoms with Crippen molar-refractivity contribution in [2.45, 2.75) is 40.2 Å². The van der Waals surface area contributed by atoms with Gasteiger partial charge < -0.3 is 4.74 Å². The lowest BCUT2D eigenvalue weighted by molar-refractivity contribution is 0.0338. The van der Waals surface area contributed by atoms with Gasteiger partial charge in [0.1, 0.15) is 16.6 Å². The predicted octanol–water partition coefficient (Wildman–Crippen LogP) is 2.83. The molecule has 0 atom stereocenters. The van der Waals surface area contributed by atoms with Gasteiger partial charge in [0.2, 0.25) is 0 Å². The number of Topliss-reactive ketones (excluding diaryl/α,β-unsaturated/α-hetero) is 1. The molecule has 1 N–H and O–H groups in total. The van der Waals surface area contributed by atoms with Crippen molar-refractivity contribution in [1.29, 1.82) is 0 Å². The molecule has 0 aromatic carbocycles. The van der Waals surface area contributed by atoms with Crippen molar-refractivity contribution < 1.29 is 14.3 Å². The third-order valence-corrected chi connectivity index (χ3v) is 2.54.